The highest BCUT2D eigenvalue weighted by atomic mass is 16.4. The number of allylic oxidation sites excluding steroid dienone is 2. The number of aliphatic carboxylic acids is 1. The van der Waals surface area contributed by atoms with Crippen molar-refractivity contribution >= 4 is 29.1 Å². The van der Waals surface area contributed by atoms with Crippen LogP contribution < -0.4 is 0 Å². The van der Waals surface area contributed by atoms with Gasteiger partial charge in [-0.05, 0) is 160 Å². The van der Waals surface area contributed by atoms with Crippen LogP contribution in [0.5, 0.6) is 0 Å². The molecule has 2 N–H and O–H groups in total. The lowest BCUT2D eigenvalue weighted by atomic mass is 9.44. The number of aliphatic hydroxyl groups excluding tert-OH is 1. The molecule has 0 amide bonds. The van der Waals surface area contributed by atoms with E-state index in [0.29, 0.717) is 90.4 Å². The number of Topliss-reactive ketones (excluding diaryl/α,β-unsaturated/α-hetero) is 2. The molecule has 0 aliphatic heterocycles. The molecule has 7 nitrogen and oxygen atoms in total. The van der Waals surface area contributed by atoms with Gasteiger partial charge < -0.3 is 10.2 Å². The van der Waals surface area contributed by atoms with E-state index < -0.39 is 5.97 Å². The number of carbonyl (C=O) groups excluding carboxylic acids is 4. The van der Waals surface area contributed by atoms with Crippen molar-refractivity contribution in [3.8, 4) is 0 Å². The zero-order chi connectivity index (χ0) is 37.2. The maximum atomic E-state index is 12.7. The summed E-state index contributed by atoms with van der Waals surface area (Å²) >= 11 is 0. The predicted octanol–water partition coefficient (Wildman–Crippen LogP) is 8.65. The van der Waals surface area contributed by atoms with Crippen molar-refractivity contribution in [2.24, 2.45) is 69.0 Å². The topological polar surface area (TPSA) is 126 Å². The first-order chi connectivity index (χ1) is 24.7. The molecule has 6 fully saturated rings. The summed E-state index contributed by atoms with van der Waals surface area (Å²) in [4.78, 5) is 60.5. The van der Waals surface area contributed by atoms with Crippen LogP contribution in [0.2, 0.25) is 0 Å². The van der Waals surface area contributed by atoms with Crippen molar-refractivity contribution in [1.29, 1.82) is 0 Å². The van der Waals surface area contributed by atoms with Gasteiger partial charge in [0.05, 0.1) is 0 Å². The van der Waals surface area contributed by atoms with Gasteiger partial charge in [-0.1, -0.05) is 38.8 Å². The van der Waals surface area contributed by atoms with Crippen LogP contribution in [-0.4, -0.2) is 45.9 Å². The Morgan fingerprint density at radius 1 is 0.615 bits per heavy atom. The van der Waals surface area contributed by atoms with Crippen molar-refractivity contribution in [2.45, 2.75) is 150 Å². The predicted molar refractivity (Wildman–Crippen MR) is 199 cm³/mol. The Bertz CT molecular complexity index is 1560. The third kappa shape index (κ3) is 6.15. The van der Waals surface area contributed by atoms with Crippen molar-refractivity contribution < 1.29 is 34.2 Å². The summed E-state index contributed by atoms with van der Waals surface area (Å²) < 4.78 is 0. The molecule has 52 heavy (non-hydrogen) atoms. The van der Waals surface area contributed by atoms with E-state index in [-0.39, 0.29) is 40.5 Å². The van der Waals surface area contributed by atoms with Gasteiger partial charge >= 0.3 is 5.97 Å². The van der Waals surface area contributed by atoms with E-state index in [2.05, 4.69) is 27.7 Å². The molecule has 0 radical (unpaired) electrons. The standard InChI is InChI=1S/C23H32O4.C22H32O3/c1-22-10-8-16(24)13-15(22)12-14(4-3-5-20(26)27)21-17-6-7-19(25)23(17,2)11-9-18(21)22;1-21-9-7-16(24)13-15(21)12-14(4-3-11-23)20-17-5-6-19(25)22(17,2)10-8-18(20)21/h13-14,17-18,21H,3-12H2,1-2H3,(H,26,27);13-14,17-18,20,23H,3-12H2,1-2H3/t14?,17-,18-,21-,22-,23-;14?,17-,18-,20-,21-,22-/m00/s1. The third-order valence-electron chi connectivity index (χ3n) is 17.4. The van der Waals surface area contributed by atoms with Gasteiger partial charge in [0.1, 0.15) is 11.6 Å². The first-order valence-electron chi connectivity index (χ1n) is 21.0. The quantitative estimate of drug-likeness (QED) is 0.270. The lowest BCUT2D eigenvalue weighted by Gasteiger charge is -2.59. The summed E-state index contributed by atoms with van der Waals surface area (Å²) in [5.41, 5.74) is 2.65. The lowest BCUT2D eigenvalue weighted by Crippen LogP contribution is -2.53. The fourth-order valence-corrected chi connectivity index (χ4v) is 14.4. The van der Waals surface area contributed by atoms with Crippen molar-refractivity contribution in [2.75, 3.05) is 6.61 Å². The number of rotatable bonds is 7. The van der Waals surface area contributed by atoms with Gasteiger partial charge in [-0.3, -0.25) is 24.0 Å². The molecule has 8 aliphatic carbocycles. The Morgan fingerprint density at radius 2 is 1.04 bits per heavy atom. The Labute approximate surface area is 311 Å². The average Bonchev–Trinajstić information content (AvgIpc) is 3.58. The highest BCUT2D eigenvalue weighted by Gasteiger charge is 2.62. The van der Waals surface area contributed by atoms with Gasteiger partial charge in [0.2, 0.25) is 0 Å². The van der Waals surface area contributed by atoms with E-state index in [0.717, 1.165) is 89.9 Å². The van der Waals surface area contributed by atoms with Crippen LogP contribution in [0.15, 0.2) is 23.3 Å². The molecule has 0 spiro atoms. The first-order valence-corrected chi connectivity index (χ1v) is 21.0. The summed E-state index contributed by atoms with van der Waals surface area (Å²) in [5, 5.41) is 18.4. The normalized spacial score (nSPS) is 44.9. The molecule has 0 aromatic heterocycles. The SMILES string of the molecule is C[C@]12CCC(=O)C=C1CC(CCCC(=O)O)[C@@H]1[C@@H]2CC[C@]2(C)C(=O)CC[C@@H]12.C[C@]12CCC(=O)C=C1CC(CCCO)[C@@H]1[C@@H]2CC[C@]2(C)C(=O)CC[C@@H]12. The number of ketones is 4. The molecule has 2 unspecified atom stereocenters. The van der Waals surface area contributed by atoms with Crippen LogP contribution in [0, 0.1) is 69.0 Å². The zero-order valence-corrected chi connectivity index (χ0v) is 32.4. The van der Waals surface area contributed by atoms with Crippen LogP contribution >= 0.6 is 0 Å². The van der Waals surface area contributed by atoms with Crippen LogP contribution in [0.4, 0.5) is 0 Å². The number of carbonyl (C=O) groups is 5. The molecule has 12 atom stereocenters. The Kier molecular flexibility index (Phi) is 10.2. The summed E-state index contributed by atoms with van der Waals surface area (Å²) in [6.07, 6.45) is 20.5. The molecule has 8 rings (SSSR count). The van der Waals surface area contributed by atoms with Gasteiger partial charge in [0.15, 0.2) is 11.6 Å². The molecule has 0 aromatic rings. The molecule has 0 bridgehead atoms. The average molecular weight is 717 g/mol. The van der Waals surface area contributed by atoms with Crippen molar-refractivity contribution in [3.63, 3.8) is 0 Å². The van der Waals surface area contributed by atoms with E-state index in [1.54, 1.807) is 0 Å². The summed E-state index contributed by atoms with van der Waals surface area (Å²) in [7, 11) is 0. The minimum Gasteiger partial charge on any atom is -0.481 e. The molecular weight excluding hydrogens is 652 g/mol. The fraction of sp³-hybridized carbons (Fsp3) is 0.800. The summed E-state index contributed by atoms with van der Waals surface area (Å²) in [6.45, 7) is 9.41. The van der Waals surface area contributed by atoms with E-state index in [1.807, 2.05) is 12.2 Å². The highest BCUT2D eigenvalue weighted by molar-refractivity contribution is 5.92. The van der Waals surface area contributed by atoms with Crippen LogP contribution in [0.25, 0.3) is 0 Å². The number of hydrogen-bond acceptors (Lipinski definition) is 6. The van der Waals surface area contributed by atoms with Crippen molar-refractivity contribution in [1.82, 2.24) is 0 Å². The van der Waals surface area contributed by atoms with Crippen LogP contribution in [0.3, 0.4) is 0 Å². The summed E-state index contributed by atoms with van der Waals surface area (Å²) in [6, 6.07) is 0. The van der Waals surface area contributed by atoms with Gasteiger partial charge in [0.25, 0.3) is 0 Å². The van der Waals surface area contributed by atoms with Gasteiger partial charge in [-0.15, -0.1) is 0 Å². The Hall–Kier alpha value is -2.41. The van der Waals surface area contributed by atoms with E-state index in [9.17, 15) is 29.1 Å². The summed E-state index contributed by atoms with van der Waals surface area (Å²) in [5.74, 6) is 4.86. The molecule has 286 valence electrons. The maximum Gasteiger partial charge on any atom is 0.303 e. The molecule has 8 aliphatic rings. The second kappa shape index (κ2) is 14.0. The second-order valence-corrected chi connectivity index (χ2v) is 19.6. The number of carboxylic acids is 1. The molecular formula is C45H64O7. The molecule has 0 aromatic carbocycles. The monoisotopic (exact) mass is 716 g/mol. The van der Waals surface area contributed by atoms with E-state index in [1.165, 1.54) is 11.1 Å². The Morgan fingerprint density at radius 3 is 1.46 bits per heavy atom. The number of fused-ring (bicyclic) bond motifs is 10. The first kappa shape index (κ1) is 37.9. The minimum atomic E-state index is -0.733. The minimum absolute atomic E-state index is 0.0921. The van der Waals surface area contributed by atoms with Gasteiger partial charge in [0, 0.05) is 49.5 Å². The molecule has 6 saturated carbocycles. The number of carboxylic acid groups (broad SMARTS) is 1. The molecule has 0 heterocycles. The van der Waals surface area contributed by atoms with E-state index >= 15 is 0 Å². The largest absolute Gasteiger partial charge is 0.481 e. The van der Waals surface area contributed by atoms with Crippen molar-refractivity contribution in [3.05, 3.63) is 23.3 Å². The van der Waals surface area contributed by atoms with Crippen LogP contribution in [-0.2, 0) is 24.0 Å². The third-order valence-corrected chi connectivity index (χ3v) is 17.4. The maximum absolute atomic E-state index is 12.7. The van der Waals surface area contributed by atoms with Crippen LogP contribution in [0.1, 0.15) is 150 Å². The second-order valence-electron chi connectivity index (χ2n) is 19.6. The Balaban J connectivity index is 0.000000162. The molecule has 0 saturated heterocycles. The molecule has 7 heteroatoms. The number of hydrogen-bond donors (Lipinski definition) is 2. The fourth-order valence-electron chi connectivity index (χ4n) is 14.4. The lowest BCUT2D eigenvalue weighted by molar-refractivity contribution is -0.137. The van der Waals surface area contributed by atoms with Gasteiger partial charge in [-0.2, -0.15) is 0 Å². The zero-order valence-electron chi connectivity index (χ0n) is 32.4. The van der Waals surface area contributed by atoms with E-state index in [4.69, 9.17) is 5.11 Å². The van der Waals surface area contributed by atoms with Gasteiger partial charge in [-0.25, -0.2) is 0 Å². The number of aliphatic hydroxyl groups is 1. The smallest absolute Gasteiger partial charge is 0.303 e. The highest BCUT2D eigenvalue weighted by Crippen LogP contribution is 2.68.